The Hall–Kier alpha value is -3.90. The lowest BCUT2D eigenvalue weighted by Gasteiger charge is -2.14. The summed E-state index contributed by atoms with van der Waals surface area (Å²) in [4.78, 5) is 3.75. The summed E-state index contributed by atoms with van der Waals surface area (Å²) >= 11 is 0. The molecule has 0 radical (unpaired) electrons. The van der Waals surface area contributed by atoms with Crippen LogP contribution in [-0.4, -0.2) is 0 Å². The van der Waals surface area contributed by atoms with Crippen molar-refractivity contribution in [2.45, 2.75) is 40.9 Å². The minimum atomic E-state index is -2.62. The van der Waals surface area contributed by atoms with Gasteiger partial charge in [-0.05, 0) is 42.8 Å². The van der Waals surface area contributed by atoms with Gasteiger partial charge in [0, 0.05) is 41.7 Å². The lowest BCUT2D eigenvalue weighted by molar-refractivity contribution is -0.667. The molecule has 0 atom stereocenters. The third kappa shape index (κ3) is 3.70. The van der Waals surface area contributed by atoms with Crippen molar-refractivity contribution < 1.29 is 17.2 Å². The molecule has 3 heteroatoms. The number of furan rings is 1. The Morgan fingerprint density at radius 1 is 1.03 bits per heavy atom. The molecule has 0 saturated heterocycles. The maximum atomic E-state index is 9.35. The SMILES string of the molecule is [2H]c1c(C([2H])([2H])C(C)C)c(C([2H])([2H])[2H])c(C)[n+](C)c1-c1c(C)ccc2c1oc1c(-c3ccccc3)c([N+]#[C-])ccc12. The van der Waals surface area contributed by atoms with E-state index in [1.807, 2.05) is 55.5 Å². The van der Waals surface area contributed by atoms with Crippen molar-refractivity contribution >= 4 is 27.6 Å². The second-order valence-corrected chi connectivity index (χ2v) is 9.22. The zero-order valence-electron chi connectivity index (χ0n) is 26.6. The smallest absolute Gasteiger partial charge is 0.216 e. The van der Waals surface area contributed by atoms with Gasteiger partial charge in [-0.2, -0.15) is 4.57 Å². The van der Waals surface area contributed by atoms with Crippen LogP contribution in [-0.2, 0) is 13.4 Å². The van der Waals surface area contributed by atoms with E-state index in [1.165, 1.54) is 0 Å². The van der Waals surface area contributed by atoms with Crippen LogP contribution in [0.1, 0.15) is 44.5 Å². The highest BCUT2D eigenvalue weighted by Crippen LogP contribution is 2.44. The molecule has 5 rings (SSSR count). The van der Waals surface area contributed by atoms with E-state index in [0.717, 1.165) is 21.9 Å². The first-order chi connectivity index (χ1) is 19.2. The third-order valence-corrected chi connectivity index (χ3v) is 6.54. The third-order valence-electron chi connectivity index (χ3n) is 6.54. The summed E-state index contributed by atoms with van der Waals surface area (Å²) < 4.78 is 60.3. The van der Waals surface area contributed by atoms with Crippen molar-refractivity contribution in [2.75, 3.05) is 0 Å². The number of rotatable bonds is 4. The van der Waals surface area contributed by atoms with Crippen LogP contribution in [0.25, 0.3) is 49.2 Å². The van der Waals surface area contributed by atoms with E-state index in [9.17, 15) is 1.37 Å². The van der Waals surface area contributed by atoms with Gasteiger partial charge in [0.05, 0.1) is 13.5 Å². The summed E-state index contributed by atoms with van der Waals surface area (Å²) in [5, 5.41) is 1.61. The Labute approximate surface area is 215 Å². The zero-order chi connectivity index (χ0) is 30.0. The summed E-state index contributed by atoms with van der Waals surface area (Å²) in [6, 6.07) is 17.0. The number of hydrogen-bond donors (Lipinski definition) is 0. The second kappa shape index (κ2) is 8.71. The van der Waals surface area contributed by atoms with E-state index < -0.39 is 19.1 Å². The van der Waals surface area contributed by atoms with Gasteiger partial charge in [-0.15, -0.1) is 0 Å². The summed E-state index contributed by atoms with van der Waals surface area (Å²) in [6.07, 6.45) is -2.07. The van der Waals surface area contributed by atoms with E-state index in [1.54, 1.807) is 38.5 Å². The average Bonchev–Trinajstić information content (AvgIpc) is 3.29. The number of aromatic nitrogens is 1. The van der Waals surface area contributed by atoms with Crippen LogP contribution in [0.5, 0.6) is 0 Å². The van der Waals surface area contributed by atoms with Crippen LogP contribution < -0.4 is 4.57 Å². The van der Waals surface area contributed by atoms with Gasteiger partial charge in [0.15, 0.2) is 11.4 Å². The van der Waals surface area contributed by atoms with Crippen molar-refractivity contribution in [1.29, 1.82) is 0 Å². The molecule has 0 aliphatic rings. The topological polar surface area (TPSA) is 21.4 Å². The molecule has 0 spiro atoms. The molecular weight excluding hydrogens is 428 g/mol. The lowest BCUT2D eigenvalue weighted by Crippen LogP contribution is -2.36. The van der Waals surface area contributed by atoms with Crippen LogP contribution in [0, 0.1) is 33.2 Å². The highest BCUT2D eigenvalue weighted by Gasteiger charge is 2.25. The molecule has 5 aromatic rings. The Balaban J connectivity index is 1.97. The largest absolute Gasteiger partial charge is 0.456 e. The number of benzene rings is 3. The predicted molar refractivity (Wildman–Crippen MR) is 145 cm³/mol. The second-order valence-electron chi connectivity index (χ2n) is 9.22. The number of fused-ring (bicyclic) bond motifs is 3. The molecule has 0 saturated carbocycles. The molecule has 0 aliphatic carbocycles. The highest BCUT2D eigenvalue weighted by atomic mass is 16.3. The monoisotopic (exact) mass is 465 g/mol. The maximum absolute atomic E-state index is 9.35. The van der Waals surface area contributed by atoms with E-state index in [4.69, 9.17) is 17.8 Å². The summed E-state index contributed by atoms with van der Waals surface area (Å²) in [6.45, 7) is 12.1. The molecule has 174 valence electrons. The van der Waals surface area contributed by atoms with Crippen LogP contribution in [0.4, 0.5) is 5.69 Å². The van der Waals surface area contributed by atoms with Crippen LogP contribution in [0.2, 0.25) is 0 Å². The molecule has 0 bridgehead atoms. The molecule has 2 heterocycles. The predicted octanol–water partition coefficient (Wildman–Crippen LogP) is 8.42. The molecule has 35 heavy (non-hydrogen) atoms. The number of aryl methyl sites for hydroxylation is 1. The first-order valence-electron chi connectivity index (χ1n) is 14.7. The van der Waals surface area contributed by atoms with E-state index in [-0.39, 0.29) is 17.2 Å². The fourth-order valence-electron chi connectivity index (χ4n) is 4.67. The van der Waals surface area contributed by atoms with Gasteiger partial charge < -0.3 is 4.42 Å². The number of pyridine rings is 1. The number of nitrogens with zero attached hydrogens (tertiary/aromatic N) is 2. The van der Waals surface area contributed by atoms with Gasteiger partial charge in [0.1, 0.15) is 18.2 Å². The molecule has 0 N–H and O–H groups in total. The standard InChI is InChI=1S/C32H31N2O/c1-19(2)17-24-18-28(34(7)22(5)21(24)4)29-20(3)13-14-25-26-15-16-27(33-6)30(32(26)35-31(25)29)23-11-9-8-10-12-23/h8-16,18-19H,17H2,1-5,7H3/q+1/i4D3,17D2,18D. The summed E-state index contributed by atoms with van der Waals surface area (Å²) in [7, 11) is 1.71. The van der Waals surface area contributed by atoms with Gasteiger partial charge >= 0.3 is 0 Å². The van der Waals surface area contributed by atoms with E-state index in [2.05, 4.69) is 4.85 Å². The Bertz CT molecular complexity index is 1880. The van der Waals surface area contributed by atoms with Gasteiger partial charge in [0.2, 0.25) is 5.69 Å². The minimum Gasteiger partial charge on any atom is -0.456 e. The Morgan fingerprint density at radius 2 is 1.71 bits per heavy atom. The molecule has 0 unspecified atom stereocenters. The molecule has 0 amide bonds. The Kier molecular flexibility index (Phi) is 4.15. The number of hydrogen-bond acceptors (Lipinski definition) is 1. The van der Waals surface area contributed by atoms with Crippen molar-refractivity contribution in [1.82, 2.24) is 0 Å². The van der Waals surface area contributed by atoms with Crippen molar-refractivity contribution in [3.8, 4) is 22.4 Å². The normalized spacial score (nSPS) is 14.8. The summed E-state index contributed by atoms with van der Waals surface area (Å²) in [5.74, 6) is -0.573. The van der Waals surface area contributed by atoms with Gasteiger partial charge in [-0.3, -0.25) is 0 Å². The van der Waals surface area contributed by atoms with Crippen molar-refractivity contribution in [2.24, 2.45) is 13.0 Å². The van der Waals surface area contributed by atoms with Gasteiger partial charge in [0.25, 0.3) is 0 Å². The fraction of sp³-hybridized carbons (Fsp3) is 0.250. The highest BCUT2D eigenvalue weighted by molar-refractivity contribution is 6.15. The van der Waals surface area contributed by atoms with E-state index >= 15 is 0 Å². The van der Waals surface area contributed by atoms with Crippen molar-refractivity contribution in [3.63, 3.8) is 0 Å². The zero-order valence-corrected chi connectivity index (χ0v) is 20.6. The molecule has 0 aliphatic heterocycles. The Morgan fingerprint density at radius 3 is 2.37 bits per heavy atom. The van der Waals surface area contributed by atoms with Crippen LogP contribution >= 0.6 is 0 Å². The lowest BCUT2D eigenvalue weighted by atomic mass is 9.93. The molecule has 3 aromatic carbocycles. The molecule has 3 nitrogen and oxygen atoms in total. The first-order valence-corrected chi connectivity index (χ1v) is 11.7. The van der Waals surface area contributed by atoms with Gasteiger partial charge in [-0.1, -0.05) is 68.4 Å². The van der Waals surface area contributed by atoms with Crippen LogP contribution in [0.3, 0.4) is 0 Å². The maximum Gasteiger partial charge on any atom is 0.216 e. The minimum absolute atomic E-state index is 0.120. The molecular formula is C32H31N2O+. The van der Waals surface area contributed by atoms with Crippen molar-refractivity contribution in [3.05, 3.63) is 94.4 Å². The van der Waals surface area contributed by atoms with Crippen LogP contribution in [0.15, 0.2) is 65.1 Å². The molecule has 2 aromatic heterocycles. The summed E-state index contributed by atoms with van der Waals surface area (Å²) in [5.41, 5.74) is 4.92. The van der Waals surface area contributed by atoms with E-state index in [0.29, 0.717) is 39.4 Å². The fourth-order valence-corrected chi connectivity index (χ4v) is 4.67. The average molecular weight is 466 g/mol. The quantitative estimate of drug-likeness (QED) is 0.193. The first kappa shape index (κ1) is 16.7. The van der Waals surface area contributed by atoms with Gasteiger partial charge in [-0.25, -0.2) is 4.85 Å². The molecule has 0 fully saturated rings.